The first-order valence-corrected chi connectivity index (χ1v) is 6.65. The second kappa shape index (κ2) is 6.06. The summed E-state index contributed by atoms with van der Waals surface area (Å²) < 4.78 is 18.6. The molecule has 0 heterocycles. The molecule has 1 atom stereocenters. The van der Waals surface area contributed by atoms with Gasteiger partial charge in [-0.05, 0) is 55.3 Å². The Labute approximate surface area is 119 Å². The minimum atomic E-state index is -0.341. The van der Waals surface area contributed by atoms with Crippen molar-refractivity contribution in [3.63, 3.8) is 0 Å². The molecular formula is C17H20FNO. The van der Waals surface area contributed by atoms with Gasteiger partial charge in [0.1, 0.15) is 0 Å². The third kappa shape index (κ3) is 2.68. The van der Waals surface area contributed by atoms with Crippen molar-refractivity contribution in [2.45, 2.75) is 19.9 Å². The van der Waals surface area contributed by atoms with E-state index in [1.807, 2.05) is 13.1 Å². The number of methoxy groups -OCH3 is 1. The van der Waals surface area contributed by atoms with Gasteiger partial charge in [-0.25, -0.2) is 4.39 Å². The lowest BCUT2D eigenvalue weighted by molar-refractivity contribution is 0.385. The van der Waals surface area contributed by atoms with Crippen LogP contribution in [0.3, 0.4) is 0 Å². The van der Waals surface area contributed by atoms with Gasteiger partial charge < -0.3 is 10.1 Å². The number of benzene rings is 2. The lowest BCUT2D eigenvalue weighted by Crippen LogP contribution is -2.19. The van der Waals surface area contributed by atoms with E-state index < -0.39 is 0 Å². The van der Waals surface area contributed by atoms with E-state index in [1.54, 1.807) is 12.1 Å². The minimum Gasteiger partial charge on any atom is -0.494 e. The first-order chi connectivity index (χ1) is 9.58. The van der Waals surface area contributed by atoms with Crippen LogP contribution in [0.2, 0.25) is 0 Å². The quantitative estimate of drug-likeness (QED) is 0.915. The summed E-state index contributed by atoms with van der Waals surface area (Å²) in [5.41, 5.74) is 4.67. The van der Waals surface area contributed by atoms with Gasteiger partial charge in [-0.15, -0.1) is 0 Å². The second-order valence-corrected chi connectivity index (χ2v) is 4.90. The normalized spacial score (nSPS) is 12.2. The number of hydrogen-bond acceptors (Lipinski definition) is 2. The summed E-state index contributed by atoms with van der Waals surface area (Å²) in [5.74, 6) is -0.0693. The lowest BCUT2D eigenvalue weighted by Gasteiger charge is -2.21. The van der Waals surface area contributed by atoms with Gasteiger partial charge in [0.05, 0.1) is 13.2 Å². The molecule has 2 nitrogen and oxygen atoms in total. The number of halogens is 1. The maximum absolute atomic E-state index is 13.5. The van der Waals surface area contributed by atoms with Crippen LogP contribution in [0.15, 0.2) is 36.4 Å². The van der Waals surface area contributed by atoms with Crippen LogP contribution < -0.4 is 10.1 Å². The first kappa shape index (κ1) is 14.5. The molecule has 0 aromatic heterocycles. The molecule has 2 aromatic rings. The number of hydrogen-bond donors (Lipinski definition) is 1. The van der Waals surface area contributed by atoms with Crippen molar-refractivity contribution in [2.24, 2.45) is 0 Å². The van der Waals surface area contributed by atoms with Crippen LogP contribution >= 0.6 is 0 Å². The predicted octanol–water partition coefficient (Wildman–Crippen LogP) is 3.76. The molecular weight excluding hydrogens is 253 g/mol. The summed E-state index contributed by atoms with van der Waals surface area (Å²) in [5, 5.41) is 3.30. The third-order valence-corrected chi connectivity index (χ3v) is 3.75. The Morgan fingerprint density at radius 3 is 2.55 bits per heavy atom. The van der Waals surface area contributed by atoms with Crippen LogP contribution in [-0.4, -0.2) is 14.2 Å². The Bertz CT molecular complexity index is 610. The molecule has 1 unspecified atom stereocenters. The fourth-order valence-electron chi connectivity index (χ4n) is 2.44. The van der Waals surface area contributed by atoms with Crippen LogP contribution in [0.5, 0.6) is 5.75 Å². The summed E-state index contributed by atoms with van der Waals surface area (Å²) in [7, 11) is 3.39. The van der Waals surface area contributed by atoms with Gasteiger partial charge in [-0.2, -0.15) is 0 Å². The molecule has 0 aliphatic rings. The molecule has 0 spiro atoms. The zero-order chi connectivity index (χ0) is 14.7. The molecule has 2 aromatic carbocycles. The Kier molecular flexibility index (Phi) is 4.40. The summed E-state index contributed by atoms with van der Waals surface area (Å²) in [6.07, 6.45) is 0. The van der Waals surface area contributed by atoms with Crippen molar-refractivity contribution >= 4 is 0 Å². The molecule has 0 bridgehead atoms. The predicted molar refractivity (Wildman–Crippen MR) is 79.8 cm³/mol. The number of rotatable bonds is 4. The van der Waals surface area contributed by atoms with Crippen LogP contribution in [0.4, 0.5) is 4.39 Å². The second-order valence-electron chi connectivity index (χ2n) is 4.90. The Balaban J connectivity index is 2.49. The van der Waals surface area contributed by atoms with Gasteiger partial charge in [0.15, 0.2) is 11.6 Å². The van der Waals surface area contributed by atoms with E-state index in [1.165, 1.54) is 29.9 Å². The van der Waals surface area contributed by atoms with E-state index in [4.69, 9.17) is 4.74 Å². The van der Waals surface area contributed by atoms with Gasteiger partial charge in [-0.3, -0.25) is 0 Å². The van der Waals surface area contributed by atoms with Crippen LogP contribution in [0.1, 0.15) is 28.3 Å². The fourth-order valence-corrected chi connectivity index (χ4v) is 2.44. The van der Waals surface area contributed by atoms with Crippen molar-refractivity contribution in [1.29, 1.82) is 0 Å². The molecule has 0 fully saturated rings. The van der Waals surface area contributed by atoms with E-state index in [0.29, 0.717) is 0 Å². The van der Waals surface area contributed by atoms with E-state index in [2.05, 4.69) is 31.3 Å². The molecule has 3 heteroatoms. The number of nitrogens with one attached hydrogen (secondary N) is 1. The summed E-state index contributed by atoms with van der Waals surface area (Å²) in [6.45, 7) is 4.20. The standard InChI is InChI=1S/C17H20FNO/c1-11-6-5-7-14(12(11)2)17(19-3)13-8-9-15(18)16(10-13)20-4/h5-10,17,19H,1-4H3. The van der Waals surface area contributed by atoms with E-state index >= 15 is 0 Å². The topological polar surface area (TPSA) is 21.3 Å². The molecule has 0 amide bonds. The molecule has 106 valence electrons. The minimum absolute atomic E-state index is 0.0180. The van der Waals surface area contributed by atoms with Crippen LogP contribution in [-0.2, 0) is 0 Å². The van der Waals surface area contributed by atoms with Gasteiger partial charge in [0, 0.05) is 0 Å². The van der Waals surface area contributed by atoms with E-state index in [-0.39, 0.29) is 17.6 Å². The van der Waals surface area contributed by atoms with Crippen LogP contribution in [0.25, 0.3) is 0 Å². The van der Waals surface area contributed by atoms with Gasteiger partial charge in [0.2, 0.25) is 0 Å². The zero-order valence-electron chi connectivity index (χ0n) is 12.3. The summed E-state index contributed by atoms with van der Waals surface area (Å²) >= 11 is 0. The van der Waals surface area contributed by atoms with Crippen molar-refractivity contribution in [3.8, 4) is 5.75 Å². The number of ether oxygens (including phenoxy) is 1. The van der Waals surface area contributed by atoms with Gasteiger partial charge in [0.25, 0.3) is 0 Å². The molecule has 0 aliphatic heterocycles. The highest BCUT2D eigenvalue weighted by atomic mass is 19.1. The molecule has 0 radical (unpaired) electrons. The highest BCUT2D eigenvalue weighted by molar-refractivity contribution is 5.42. The van der Waals surface area contributed by atoms with E-state index in [9.17, 15) is 4.39 Å². The van der Waals surface area contributed by atoms with Crippen molar-refractivity contribution in [1.82, 2.24) is 5.32 Å². The van der Waals surface area contributed by atoms with Crippen molar-refractivity contribution in [3.05, 3.63) is 64.5 Å². The third-order valence-electron chi connectivity index (χ3n) is 3.75. The first-order valence-electron chi connectivity index (χ1n) is 6.65. The van der Waals surface area contributed by atoms with Crippen molar-refractivity contribution in [2.75, 3.05) is 14.2 Å². The van der Waals surface area contributed by atoms with Gasteiger partial charge in [-0.1, -0.05) is 24.3 Å². The zero-order valence-corrected chi connectivity index (χ0v) is 12.3. The Hall–Kier alpha value is -1.87. The monoisotopic (exact) mass is 273 g/mol. The highest BCUT2D eigenvalue weighted by Gasteiger charge is 2.16. The van der Waals surface area contributed by atoms with E-state index in [0.717, 1.165) is 5.56 Å². The maximum Gasteiger partial charge on any atom is 0.165 e. The molecule has 0 saturated heterocycles. The lowest BCUT2D eigenvalue weighted by atomic mass is 9.92. The average Bonchev–Trinajstić information content (AvgIpc) is 2.45. The SMILES string of the molecule is CNC(c1ccc(F)c(OC)c1)c1cccc(C)c1C. The smallest absolute Gasteiger partial charge is 0.165 e. The molecule has 1 N–H and O–H groups in total. The molecule has 0 saturated carbocycles. The number of aryl methyl sites for hydroxylation is 1. The molecule has 20 heavy (non-hydrogen) atoms. The average molecular weight is 273 g/mol. The summed E-state index contributed by atoms with van der Waals surface area (Å²) in [4.78, 5) is 0. The Morgan fingerprint density at radius 2 is 1.90 bits per heavy atom. The molecule has 2 rings (SSSR count). The van der Waals surface area contributed by atoms with Crippen LogP contribution in [0, 0.1) is 19.7 Å². The summed E-state index contributed by atoms with van der Waals surface area (Å²) in [6, 6.07) is 11.2. The van der Waals surface area contributed by atoms with Crippen molar-refractivity contribution < 1.29 is 9.13 Å². The Morgan fingerprint density at radius 1 is 1.15 bits per heavy atom. The fraction of sp³-hybridized carbons (Fsp3) is 0.294. The highest BCUT2D eigenvalue weighted by Crippen LogP contribution is 2.29. The molecule has 0 aliphatic carbocycles. The maximum atomic E-state index is 13.5. The largest absolute Gasteiger partial charge is 0.494 e. The van der Waals surface area contributed by atoms with Gasteiger partial charge >= 0.3 is 0 Å².